The van der Waals surface area contributed by atoms with Crippen molar-refractivity contribution in [1.29, 1.82) is 0 Å². The standard InChI is InChI=1S/C20H31N3O4.C6H6.C2HF3O2/c1-5-9-17(24)23-20(21,13-14(2)3)19(26)22-16(18(25)27-4)12-15-10-7-6-8-11-15;1-2-4-6-5-3-1;3-2(4,5)1(6)7/h6-8,10-11,14,16H,5,9,12-13,21H2,1-4H3,(H,22,26)(H,23,24);1-6H;(H,6,7)/t16-,20-;;/m0../s1. The van der Waals surface area contributed by atoms with Crippen molar-refractivity contribution in [3.63, 3.8) is 0 Å². The van der Waals surface area contributed by atoms with E-state index in [2.05, 4.69) is 10.6 Å². The van der Waals surface area contributed by atoms with E-state index in [1.165, 1.54) is 7.11 Å². The Morgan fingerprint density at radius 3 is 1.77 bits per heavy atom. The monoisotopic (exact) mass is 569 g/mol. The predicted octanol–water partition coefficient (Wildman–Crippen LogP) is 3.82. The SMILES string of the molecule is CCCC(=O)N[C@@](N)(CC(C)C)C(=O)N[C@@H](Cc1ccccc1)C(=O)OC.O=C(O)C(F)(F)F.c1ccccc1. The van der Waals surface area contributed by atoms with Crippen LogP contribution in [0.2, 0.25) is 0 Å². The van der Waals surface area contributed by atoms with Crippen LogP contribution in [0.1, 0.15) is 45.6 Å². The second kappa shape index (κ2) is 18.4. The number of hydrogen-bond donors (Lipinski definition) is 4. The fourth-order valence-electron chi connectivity index (χ4n) is 3.24. The lowest BCUT2D eigenvalue weighted by Gasteiger charge is -2.32. The molecule has 0 aromatic heterocycles. The van der Waals surface area contributed by atoms with Gasteiger partial charge in [0.25, 0.3) is 5.91 Å². The van der Waals surface area contributed by atoms with Gasteiger partial charge in [-0.2, -0.15) is 13.2 Å². The Hall–Kier alpha value is -3.93. The fraction of sp³-hybridized carbons (Fsp3) is 0.429. The van der Waals surface area contributed by atoms with Crippen molar-refractivity contribution in [3.8, 4) is 0 Å². The van der Waals surface area contributed by atoms with Gasteiger partial charge in [-0.3, -0.25) is 9.59 Å². The number of carbonyl (C=O) groups is 4. The summed E-state index contributed by atoms with van der Waals surface area (Å²) >= 11 is 0. The first-order valence-electron chi connectivity index (χ1n) is 12.5. The summed E-state index contributed by atoms with van der Waals surface area (Å²) in [7, 11) is 1.26. The lowest BCUT2D eigenvalue weighted by atomic mass is 9.95. The Kier molecular flexibility index (Phi) is 16.6. The van der Waals surface area contributed by atoms with Crippen LogP contribution in [0.3, 0.4) is 0 Å². The largest absolute Gasteiger partial charge is 0.490 e. The molecule has 0 bridgehead atoms. The first-order valence-corrected chi connectivity index (χ1v) is 12.5. The number of benzene rings is 2. The minimum atomic E-state index is -5.08. The van der Waals surface area contributed by atoms with Crippen LogP contribution < -0.4 is 16.4 Å². The molecule has 2 atom stereocenters. The lowest BCUT2D eigenvalue weighted by molar-refractivity contribution is -0.192. The van der Waals surface area contributed by atoms with E-state index >= 15 is 0 Å². The average molecular weight is 570 g/mol. The number of nitrogens with two attached hydrogens (primary N) is 1. The highest BCUT2D eigenvalue weighted by Gasteiger charge is 2.39. The molecule has 2 amide bonds. The van der Waals surface area contributed by atoms with Crippen molar-refractivity contribution in [2.75, 3.05) is 7.11 Å². The summed E-state index contributed by atoms with van der Waals surface area (Å²) in [6.07, 6.45) is -3.66. The van der Waals surface area contributed by atoms with E-state index < -0.39 is 35.7 Å². The van der Waals surface area contributed by atoms with Gasteiger partial charge >= 0.3 is 18.1 Å². The molecule has 0 aliphatic heterocycles. The Morgan fingerprint density at radius 1 is 0.950 bits per heavy atom. The van der Waals surface area contributed by atoms with Crippen LogP contribution in [0, 0.1) is 5.92 Å². The topological polar surface area (TPSA) is 148 Å². The highest BCUT2D eigenvalue weighted by atomic mass is 19.4. The van der Waals surface area contributed by atoms with E-state index in [-0.39, 0.29) is 31.1 Å². The molecule has 0 saturated carbocycles. The zero-order chi connectivity index (χ0) is 30.8. The summed E-state index contributed by atoms with van der Waals surface area (Å²) < 4.78 is 36.6. The Balaban J connectivity index is 0.000000950. The molecule has 9 nitrogen and oxygen atoms in total. The van der Waals surface area contributed by atoms with Gasteiger partial charge in [0.1, 0.15) is 6.04 Å². The predicted molar refractivity (Wildman–Crippen MR) is 144 cm³/mol. The van der Waals surface area contributed by atoms with E-state index in [1.54, 1.807) is 0 Å². The third-order valence-corrected chi connectivity index (χ3v) is 4.96. The number of carboxylic acid groups (broad SMARTS) is 1. The van der Waals surface area contributed by atoms with Gasteiger partial charge in [-0.1, -0.05) is 87.5 Å². The molecule has 0 fully saturated rings. The number of ether oxygens (including phenoxy) is 1. The third kappa shape index (κ3) is 15.5. The molecule has 0 aliphatic carbocycles. The van der Waals surface area contributed by atoms with Gasteiger partial charge in [0.05, 0.1) is 7.11 Å². The van der Waals surface area contributed by atoms with Crippen molar-refractivity contribution in [2.24, 2.45) is 11.7 Å². The first kappa shape index (κ1) is 36.1. The molecule has 0 radical (unpaired) electrons. The van der Waals surface area contributed by atoms with Crippen molar-refractivity contribution >= 4 is 23.8 Å². The molecule has 0 spiro atoms. The molecular weight excluding hydrogens is 531 g/mol. The van der Waals surface area contributed by atoms with Gasteiger partial charge in [0.2, 0.25) is 5.91 Å². The van der Waals surface area contributed by atoms with Crippen LogP contribution in [0.15, 0.2) is 66.7 Å². The van der Waals surface area contributed by atoms with Crippen LogP contribution in [0.4, 0.5) is 13.2 Å². The summed E-state index contributed by atoms with van der Waals surface area (Å²) in [5, 5.41) is 12.4. The number of alkyl halides is 3. The first-order chi connectivity index (χ1) is 18.7. The molecule has 2 rings (SSSR count). The van der Waals surface area contributed by atoms with Gasteiger partial charge in [0, 0.05) is 12.8 Å². The number of carbonyl (C=O) groups excluding carboxylic acids is 3. The van der Waals surface area contributed by atoms with E-state index in [9.17, 15) is 27.6 Å². The molecule has 12 heteroatoms. The maximum atomic E-state index is 12.9. The number of rotatable bonds is 10. The molecule has 0 saturated heterocycles. The smallest absolute Gasteiger partial charge is 0.475 e. The fourth-order valence-corrected chi connectivity index (χ4v) is 3.24. The molecule has 5 N–H and O–H groups in total. The highest BCUT2D eigenvalue weighted by molar-refractivity contribution is 5.93. The number of esters is 1. The average Bonchev–Trinajstić information content (AvgIpc) is 2.89. The number of halogens is 3. The van der Waals surface area contributed by atoms with Crippen LogP contribution in [-0.4, -0.2) is 53.9 Å². The van der Waals surface area contributed by atoms with Crippen molar-refractivity contribution in [2.45, 2.75) is 64.3 Å². The van der Waals surface area contributed by atoms with Gasteiger partial charge in [-0.05, 0) is 24.3 Å². The summed E-state index contributed by atoms with van der Waals surface area (Å²) in [6.45, 7) is 5.68. The summed E-state index contributed by atoms with van der Waals surface area (Å²) in [4.78, 5) is 46.0. The third-order valence-electron chi connectivity index (χ3n) is 4.96. The maximum absolute atomic E-state index is 12.9. The molecule has 2 aromatic carbocycles. The molecular formula is C28H38F3N3O6. The minimum absolute atomic E-state index is 0.0633. The quantitative estimate of drug-likeness (QED) is 0.251. The summed E-state index contributed by atoms with van der Waals surface area (Å²) in [5.74, 6) is -4.17. The zero-order valence-electron chi connectivity index (χ0n) is 23.0. The number of hydrogen-bond acceptors (Lipinski definition) is 6. The number of aliphatic carboxylic acids is 1. The zero-order valence-corrected chi connectivity index (χ0v) is 23.0. The Morgan fingerprint density at radius 2 is 1.40 bits per heavy atom. The molecule has 0 heterocycles. The van der Waals surface area contributed by atoms with E-state index in [4.69, 9.17) is 20.4 Å². The number of amides is 2. The highest BCUT2D eigenvalue weighted by Crippen LogP contribution is 2.15. The van der Waals surface area contributed by atoms with Gasteiger partial charge in [-0.15, -0.1) is 0 Å². The van der Waals surface area contributed by atoms with Crippen LogP contribution in [-0.2, 0) is 30.3 Å². The number of carboxylic acids is 1. The van der Waals surface area contributed by atoms with Crippen molar-refractivity contribution in [3.05, 3.63) is 72.3 Å². The van der Waals surface area contributed by atoms with Gasteiger partial charge in [-0.25, -0.2) is 9.59 Å². The van der Waals surface area contributed by atoms with Crippen LogP contribution in [0.25, 0.3) is 0 Å². The Bertz CT molecular complexity index is 1010. The van der Waals surface area contributed by atoms with Crippen molar-refractivity contribution < 1.29 is 42.2 Å². The second-order valence-corrected chi connectivity index (χ2v) is 9.06. The van der Waals surface area contributed by atoms with E-state index in [0.717, 1.165) is 5.56 Å². The van der Waals surface area contributed by atoms with Gasteiger partial charge < -0.3 is 26.2 Å². The molecule has 2 aromatic rings. The summed E-state index contributed by atoms with van der Waals surface area (Å²) in [5.41, 5.74) is 5.54. The van der Waals surface area contributed by atoms with Crippen LogP contribution >= 0.6 is 0 Å². The maximum Gasteiger partial charge on any atom is 0.490 e. The van der Waals surface area contributed by atoms with E-state index in [1.807, 2.05) is 87.5 Å². The summed E-state index contributed by atoms with van der Waals surface area (Å²) in [6, 6.07) is 20.4. The Labute approximate surface area is 232 Å². The molecule has 0 aliphatic rings. The minimum Gasteiger partial charge on any atom is -0.475 e. The lowest BCUT2D eigenvalue weighted by Crippen LogP contribution is -2.67. The van der Waals surface area contributed by atoms with Crippen LogP contribution in [0.5, 0.6) is 0 Å². The normalized spacial score (nSPS) is 12.7. The van der Waals surface area contributed by atoms with Gasteiger partial charge in [0.15, 0.2) is 5.66 Å². The number of methoxy groups -OCH3 is 1. The second-order valence-electron chi connectivity index (χ2n) is 9.06. The van der Waals surface area contributed by atoms with Crippen molar-refractivity contribution in [1.82, 2.24) is 10.6 Å². The van der Waals surface area contributed by atoms with E-state index in [0.29, 0.717) is 6.42 Å². The molecule has 222 valence electrons. The molecule has 40 heavy (non-hydrogen) atoms. The number of nitrogens with one attached hydrogen (secondary N) is 2. The molecule has 0 unspecified atom stereocenters.